The molecule has 4 unspecified atom stereocenters. The maximum Gasteiger partial charge on any atom is 0.326 e. The number of hydrogen-bond donors (Lipinski definition) is 4. The van der Waals surface area contributed by atoms with Gasteiger partial charge in [-0.1, -0.05) is 60.1 Å². The summed E-state index contributed by atoms with van der Waals surface area (Å²) in [5.74, 6) is -2.34. The van der Waals surface area contributed by atoms with Gasteiger partial charge in [0.25, 0.3) is 0 Å². The number of rotatable bonds is 9. The Morgan fingerprint density at radius 1 is 1.09 bits per heavy atom. The van der Waals surface area contributed by atoms with Crippen molar-refractivity contribution in [1.82, 2.24) is 10.6 Å². The van der Waals surface area contributed by atoms with Gasteiger partial charge in [0.05, 0.1) is 11.4 Å². The third kappa shape index (κ3) is 6.24. The van der Waals surface area contributed by atoms with E-state index in [4.69, 9.17) is 0 Å². The van der Waals surface area contributed by atoms with Gasteiger partial charge in [-0.05, 0) is 36.3 Å². The number of aliphatic carboxylic acids is 1. The van der Waals surface area contributed by atoms with Gasteiger partial charge >= 0.3 is 12.0 Å². The Balaban J connectivity index is 2.34. The fraction of sp³-hybridized carbons (Fsp3) is 0.583. The lowest BCUT2D eigenvalue weighted by Gasteiger charge is -2.39. The van der Waals surface area contributed by atoms with Gasteiger partial charge in [-0.3, -0.25) is 14.5 Å². The molecule has 0 aromatic heterocycles. The van der Waals surface area contributed by atoms with Crippen molar-refractivity contribution in [3.8, 4) is 0 Å². The number of anilines is 2. The molecule has 0 saturated heterocycles. The molecule has 0 spiro atoms. The largest absolute Gasteiger partial charge is 0.480 e. The fourth-order valence-electron chi connectivity index (χ4n) is 3.96. The third-order valence-corrected chi connectivity index (χ3v) is 5.91. The van der Waals surface area contributed by atoms with Crippen LogP contribution in [0.3, 0.4) is 0 Å². The lowest BCUT2D eigenvalue weighted by molar-refractivity contribution is -0.142. The third-order valence-electron chi connectivity index (χ3n) is 5.91. The van der Waals surface area contributed by atoms with Crippen molar-refractivity contribution in [2.45, 2.75) is 72.5 Å². The van der Waals surface area contributed by atoms with Crippen LogP contribution in [0.1, 0.15) is 54.4 Å². The van der Waals surface area contributed by atoms with Gasteiger partial charge in [0.15, 0.2) is 0 Å². The minimum absolute atomic E-state index is 0.0678. The van der Waals surface area contributed by atoms with E-state index in [0.717, 1.165) is 0 Å². The molecule has 1 aliphatic rings. The lowest BCUT2D eigenvalue weighted by atomic mass is 9.96. The molecule has 33 heavy (non-hydrogen) atoms. The number of carboxylic acid groups (broad SMARTS) is 1. The second-order valence-electron chi connectivity index (χ2n) is 9.41. The van der Waals surface area contributed by atoms with E-state index in [1.165, 1.54) is 4.90 Å². The second kappa shape index (κ2) is 11.2. The van der Waals surface area contributed by atoms with Gasteiger partial charge in [0.1, 0.15) is 18.1 Å². The SMILES string of the molecule is CCC(C)C(NC(=O)N1c2ccccc2NC(=O)C1C(C)C)C(=O)NC(CC(C)C)C(=O)O. The molecule has 9 heteroatoms. The van der Waals surface area contributed by atoms with Crippen LogP contribution in [0, 0.1) is 17.8 Å². The van der Waals surface area contributed by atoms with Crippen LogP contribution < -0.4 is 20.9 Å². The summed E-state index contributed by atoms with van der Waals surface area (Å²) in [6.45, 7) is 11.2. The summed E-state index contributed by atoms with van der Waals surface area (Å²) in [6, 6.07) is 3.65. The summed E-state index contributed by atoms with van der Waals surface area (Å²) in [7, 11) is 0. The Morgan fingerprint density at radius 3 is 2.27 bits per heavy atom. The van der Waals surface area contributed by atoms with Gasteiger partial charge in [-0.2, -0.15) is 0 Å². The zero-order chi connectivity index (χ0) is 24.9. The number of carboxylic acids is 1. The number of amides is 4. The number of nitrogens with zero attached hydrogens (tertiary/aromatic N) is 1. The van der Waals surface area contributed by atoms with Crippen molar-refractivity contribution in [2.75, 3.05) is 10.2 Å². The van der Waals surface area contributed by atoms with Gasteiger partial charge < -0.3 is 21.1 Å². The molecule has 4 amide bonds. The number of hydrogen-bond acceptors (Lipinski definition) is 4. The topological polar surface area (TPSA) is 128 Å². The predicted molar refractivity (Wildman–Crippen MR) is 127 cm³/mol. The van der Waals surface area contributed by atoms with Crippen LogP contribution in [0.4, 0.5) is 16.2 Å². The van der Waals surface area contributed by atoms with E-state index in [-0.39, 0.29) is 30.1 Å². The van der Waals surface area contributed by atoms with E-state index in [9.17, 15) is 24.3 Å². The molecule has 0 aliphatic carbocycles. The van der Waals surface area contributed by atoms with Crippen LogP contribution in [0.25, 0.3) is 0 Å². The summed E-state index contributed by atoms with van der Waals surface area (Å²) in [5.41, 5.74) is 1.06. The second-order valence-corrected chi connectivity index (χ2v) is 9.41. The van der Waals surface area contributed by atoms with Gasteiger partial charge in [-0.25, -0.2) is 9.59 Å². The molecule has 182 valence electrons. The first-order valence-electron chi connectivity index (χ1n) is 11.5. The molecule has 0 radical (unpaired) electrons. The number of nitrogens with one attached hydrogen (secondary N) is 3. The zero-order valence-electron chi connectivity index (χ0n) is 20.2. The van der Waals surface area contributed by atoms with Gasteiger partial charge in [0.2, 0.25) is 11.8 Å². The Kier molecular flexibility index (Phi) is 8.84. The molecule has 0 fully saturated rings. The standard InChI is InChI=1S/C24H36N4O5/c1-7-15(6)19(21(29)26-17(23(31)32)12-13(2)3)27-24(33)28-18-11-9-8-10-16(18)25-22(30)20(28)14(4)5/h8-11,13-15,17,19-20H,7,12H2,1-6H3,(H,25,30)(H,26,29)(H,27,33)(H,31,32). The Hall–Kier alpha value is -3.10. The summed E-state index contributed by atoms with van der Waals surface area (Å²) < 4.78 is 0. The van der Waals surface area contributed by atoms with E-state index in [1.54, 1.807) is 24.3 Å². The quantitative estimate of drug-likeness (QED) is 0.450. The Bertz CT molecular complexity index is 885. The number of para-hydroxylation sites is 2. The van der Waals surface area contributed by atoms with Gasteiger partial charge in [0, 0.05) is 0 Å². The van der Waals surface area contributed by atoms with Crippen LogP contribution >= 0.6 is 0 Å². The average molecular weight is 461 g/mol. The van der Waals surface area contributed by atoms with E-state index in [0.29, 0.717) is 17.8 Å². The van der Waals surface area contributed by atoms with Crippen LogP contribution in [-0.2, 0) is 14.4 Å². The molecule has 1 aromatic carbocycles. The number of carbonyl (C=O) groups is 4. The highest BCUT2D eigenvalue weighted by atomic mass is 16.4. The minimum atomic E-state index is -1.12. The molecule has 0 saturated carbocycles. The normalized spacial score (nSPS) is 18.2. The van der Waals surface area contributed by atoms with Crippen LogP contribution in [-0.4, -0.2) is 47.0 Å². The molecular weight excluding hydrogens is 424 g/mol. The molecule has 1 aromatic rings. The van der Waals surface area contributed by atoms with E-state index < -0.39 is 36.0 Å². The minimum Gasteiger partial charge on any atom is -0.480 e. The highest BCUT2D eigenvalue weighted by molar-refractivity contribution is 6.12. The first-order valence-corrected chi connectivity index (χ1v) is 11.5. The highest BCUT2D eigenvalue weighted by Gasteiger charge is 2.40. The van der Waals surface area contributed by atoms with E-state index >= 15 is 0 Å². The summed E-state index contributed by atoms with van der Waals surface area (Å²) in [5, 5.41) is 17.7. The van der Waals surface area contributed by atoms with Crippen molar-refractivity contribution in [1.29, 1.82) is 0 Å². The number of fused-ring (bicyclic) bond motifs is 1. The van der Waals surface area contributed by atoms with E-state index in [1.807, 2.05) is 41.5 Å². The maximum atomic E-state index is 13.5. The van der Waals surface area contributed by atoms with Crippen molar-refractivity contribution in [2.24, 2.45) is 17.8 Å². The maximum absolute atomic E-state index is 13.5. The molecular formula is C24H36N4O5. The average Bonchev–Trinajstić information content (AvgIpc) is 2.74. The molecule has 1 heterocycles. The van der Waals surface area contributed by atoms with Gasteiger partial charge in [-0.15, -0.1) is 0 Å². The fourth-order valence-corrected chi connectivity index (χ4v) is 3.96. The van der Waals surface area contributed by atoms with Crippen molar-refractivity contribution >= 4 is 35.2 Å². The van der Waals surface area contributed by atoms with Crippen LogP contribution in [0.5, 0.6) is 0 Å². The lowest BCUT2D eigenvalue weighted by Crippen LogP contribution is -2.61. The first-order chi connectivity index (χ1) is 15.5. The number of carbonyl (C=O) groups excluding carboxylic acids is 3. The molecule has 4 atom stereocenters. The Labute approximate surface area is 195 Å². The number of benzene rings is 1. The van der Waals surface area contributed by atoms with Crippen molar-refractivity contribution < 1.29 is 24.3 Å². The highest BCUT2D eigenvalue weighted by Crippen LogP contribution is 2.34. The summed E-state index contributed by atoms with van der Waals surface area (Å²) >= 11 is 0. The number of urea groups is 1. The molecule has 2 rings (SSSR count). The first kappa shape index (κ1) is 26.2. The van der Waals surface area contributed by atoms with Crippen molar-refractivity contribution in [3.05, 3.63) is 24.3 Å². The monoisotopic (exact) mass is 460 g/mol. The smallest absolute Gasteiger partial charge is 0.326 e. The molecule has 1 aliphatic heterocycles. The van der Waals surface area contributed by atoms with Crippen LogP contribution in [0.2, 0.25) is 0 Å². The van der Waals surface area contributed by atoms with Crippen molar-refractivity contribution in [3.63, 3.8) is 0 Å². The summed E-state index contributed by atoms with van der Waals surface area (Å²) in [6.07, 6.45) is 0.863. The van der Waals surface area contributed by atoms with E-state index in [2.05, 4.69) is 16.0 Å². The Morgan fingerprint density at radius 2 is 1.73 bits per heavy atom. The van der Waals surface area contributed by atoms with Crippen LogP contribution in [0.15, 0.2) is 24.3 Å². The zero-order valence-corrected chi connectivity index (χ0v) is 20.2. The summed E-state index contributed by atoms with van der Waals surface area (Å²) in [4.78, 5) is 52.4. The predicted octanol–water partition coefficient (Wildman–Crippen LogP) is 3.21. The molecule has 0 bridgehead atoms. The molecule has 9 nitrogen and oxygen atoms in total. The molecule has 4 N–H and O–H groups in total.